The minimum Gasteiger partial charge on any atom is -0.507 e. The van der Waals surface area contributed by atoms with E-state index in [2.05, 4.69) is 9.97 Å². The van der Waals surface area contributed by atoms with E-state index in [1.165, 1.54) is 16.7 Å². The van der Waals surface area contributed by atoms with Crippen molar-refractivity contribution < 1.29 is 23.4 Å². The van der Waals surface area contributed by atoms with E-state index in [0.29, 0.717) is 23.4 Å². The van der Waals surface area contributed by atoms with E-state index >= 15 is 4.39 Å². The Balaban J connectivity index is 1.73. The molecule has 4 aromatic rings. The van der Waals surface area contributed by atoms with E-state index in [1.54, 1.807) is 25.7 Å². The molecule has 1 aliphatic rings. The lowest BCUT2D eigenvalue weighted by molar-refractivity contribution is 0.0218. The third-order valence-corrected chi connectivity index (χ3v) is 7.59. The predicted octanol–water partition coefficient (Wildman–Crippen LogP) is 4.95. The minimum atomic E-state index is -0.905. The standard InChI is InChI=1S/C32H36F2N6O4/c1-17-12-20(15-35)13-18(2)27(17)40-29-21(14-23(34)26(36-29)25-22(33)8-7-9-24(25)41)28(37-30(40)42)39-11-10-38(16-19(39)3)31(43)44-32(4,5)6/h7-9,12-14,19,41H,10-11,15-16,35H2,1-6H3/t19-/m0/s1. The Bertz CT molecular complexity index is 1790. The van der Waals surface area contributed by atoms with Gasteiger partial charge in [0.25, 0.3) is 0 Å². The van der Waals surface area contributed by atoms with Crippen molar-refractivity contribution >= 4 is 22.9 Å². The number of rotatable bonds is 4. The van der Waals surface area contributed by atoms with Gasteiger partial charge in [-0.25, -0.2) is 27.9 Å². The molecule has 3 heterocycles. The molecule has 5 rings (SSSR count). The lowest BCUT2D eigenvalue weighted by atomic mass is 10.0. The molecule has 0 unspecified atom stereocenters. The number of halogens is 2. The number of carbonyl (C=O) groups excluding carboxylic acids is 1. The van der Waals surface area contributed by atoms with Crippen molar-refractivity contribution in [1.29, 1.82) is 0 Å². The van der Waals surface area contributed by atoms with Crippen LogP contribution in [-0.4, -0.2) is 61.9 Å². The zero-order valence-corrected chi connectivity index (χ0v) is 25.6. The number of aromatic hydroxyl groups is 1. The smallest absolute Gasteiger partial charge is 0.410 e. The van der Waals surface area contributed by atoms with Crippen molar-refractivity contribution in [3.8, 4) is 22.7 Å². The minimum absolute atomic E-state index is 0.0347. The van der Waals surface area contributed by atoms with Gasteiger partial charge < -0.3 is 25.4 Å². The number of aryl methyl sites for hydroxylation is 2. The summed E-state index contributed by atoms with van der Waals surface area (Å²) in [6.07, 6.45) is -0.453. The molecule has 0 saturated carbocycles. The molecule has 2 aromatic heterocycles. The second-order valence-corrected chi connectivity index (χ2v) is 12.1. The average molecular weight is 607 g/mol. The van der Waals surface area contributed by atoms with Crippen molar-refractivity contribution in [2.75, 3.05) is 24.5 Å². The van der Waals surface area contributed by atoms with Gasteiger partial charge in [-0.1, -0.05) is 18.2 Å². The number of fused-ring (bicyclic) bond motifs is 1. The number of piperazine rings is 1. The van der Waals surface area contributed by atoms with Gasteiger partial charge in [0.15, 0.2) is 11.5 Å². The Morgan fingerprint density at radius 2 is 1.77 bits per heavy atom. The molecule has 10 nitrogen and oxygen atoms in total. The summed E-state index contributed by atoms with van der Waals surface area (Å²) in [5, 5.41) is 10.7. The molecule has 1 saturated heterocycles. The fourth-order valence-electron chi connectivity index (χ4n) is 5.73. The van der Waals surface area contributed by atoms with Gasteiger partial charge in [0, 0.05) is 32.2 Å². The third kappa shape index (κ3) is 5.69. The number of nitrogens with zero attached hydrogens (tertiary/aromatic N) is 5. The molecule has 3 N–H and O–H groups in total. The summed E-state index contributed by atoms with van der Waals surface area (Å²) in [5.41, 5.74) is 6.47. The normalized spacial score (nSPS) is 15.6. The van der Waals surface area contributed by atoms with Crippen molar-refractivity contribution in [1.82, 2.24) is 19.4 Å². The number of hydrogen-bond acceptors (Lipinski definition) is 8. The Morgan fingerprint density at radius 3 is 2.36 bits per heavy atom. The lowest BCUT2D eigenvalue weighted by Crippen LogP contribution is -2.55. The topological polar surface area (TPSA) is 127 Å². The Hall–Kier alpha value is -4.58. The summed E-state index contributed by atoms with van der Waals surface area (Å²) < 4.78 is 37.6. The number of benzene rings is 2. The van der Waals surface area contributed by atoms with Gasteiger partial charge >= 0.3 is 11.8 Å². The quantitative estimate of drug-likeness (QED) is 0.334. The van der Waals surface area contributed by atoms with E-state index in [9.17, 15) is 19.1 Å². The van der Waals surface area contributed by atoms with Gasteiger partial charge in [-0.3, -0.25) is 0 Å². The van der Waals surface area contributed by atoms with Crippen LogP contribution in [0.2, 0.25) is 0 Å². The fraction of sp³-hybridized carbons (Fsp3) is 0.375. The molecule has 44 heavy (non-hydrogen) atoms. The molecule has 0 aliphatic carbocycles. The van der Waals surface area contributed by atoms with E-state index in [1.807, 2.05) is 37.8 Å². The van der Waals surface area contributed by atoms with Crippen molar-refractivity contribution in [3.63, 3.8) is 0 Å². The highest BCUT2D eigenvalue weighted by atomic mass is 19.1. The van der Waals surface area contributed by atoms with Crippen molar-refractivity contribution in [3.05, 3.63) is 75.2 Å². The molecule has 0 radical (unpaired) electrons. The number of nitrogens with two attached hydrogens (primary N) is 1. The van der Waals surface area contributed by atoms with E-state index in [0.717, 1.165) is 17.7 Å². The van der Waals surface area contributed by atoms with Gasteiger partial charge in [0.1, 0.15) is 28.7 Å². The number of pyridine rings is 1. The number of phenols is 1. The highest BCUT2D eigenvalue weighted by Crippen LogP contribution is 2.36. The molecule has 0 spiro atoms. The molecule has 1 aliphatic heterocycles. The van der Waals surface area contributed by atoms with Gasteiger partial charge in [0.05, 0.1) is 16.6 Å². The first-order valence-corrected chi connectivity index (χ1v) is 14.4. The van der Waals surface area contributed by atoms with Crippen LogP contribution in [0.4, 0.5) is 19.4 Å². The number of amides is 1. The van der Waals surface area contributed by atoms with Crippen LogP contribution >= 0.6 is 0 Å². The molecule has 2 aromatic carbocycles. The predicted molar refractivity (Wildman–Crippen MR) is 164 cm³/mol. The maximum absolute atomic E-state index is 15.9. The van der Waals surface area contributed by atoms with Crippen LogP contribution in [0.3, 0.4) is 0 Å². The van der Waals surface area contributed by atoms with Gasteiger partial charge in [-0.2, -0.15) is 4.98 Å². The zero-order valence-electron chi connectivity index (χ0n) is 25.6. The molecule has 1 atom stereocenters. The number of phenolic OH excluding ortho intramolecular Hbond substituents is 1. The largest absolute Gasteiger partial charge is 0.507 e. The Labute approximate surface area is 253 Å². The number of ether oxygens (including phenoxy) is 1. The molecule has 12 heteroatoms. The molecule has 1 fully saturated rings. The van der Waals surface area contributed by atoms with E-state index < -0.39 is 46.0 Å². The van der Waals surface area contributed by atoms with Crippen LogP contribution < -0.4 is 16.3 Å². The first kappa shape index (κ1) is 30.9. The molecular formula is C32H36F2N6O4. The maximum Gasteiger partial charge on any atom is 0.410 e. The van der Waals surface area contributed by atoms with Crippen molar-refractivity contribution in [2.45, 2.75) is 59.7 Å². The van der Waals surface area contributed by atoms with Crippen LogP contribution in [0.1, 0.15) is 44.4 Å². The summed E-state index contributed by atoms with van der Waals surface area (Å²) in [4.78, 5) is 39.0. The SMILES string of the molecule is Cc1cc(CN)cc(C)c1-n1c(=O)nc(N2CCN(C(=O)OC(C)(C)C)C[C@@H]2C)c2cc(F)c(-c3c(O)cccc3F)nc21. The van der Waals surface area contributed by atoms with E-state index in [-0.39, 0.29) is 42.5 Å². The summed E-state index contributed by atoms with van der Waals surface area (Å²) >= 11 is 0. The van der Waals surface area contributed by atoms with Crippen LogP contribution in [0.5, 0.6) is 5.75 Å². The monoisotopic (exact) mass is 606 g/mol. The van der Waals surface area contributed by atoms with Crippen LogP contribution in [0, 0.1) is 25.5 Å². The number of anilines is 1. The van der Waals surface area contributed by atoms with Gasteiger partial charge in [-0.15, -0.1) is 0 Å². The van der Waals surface area contributed by atoms with Crippen LogP contribution in [0.15, 0.2) is 41.2 Å². The zero-order chi connectivity index (χ0) is 32.1. The number of carbonyl (C=O) groups is 1. The second-order valence-electron chi connectivity index (χ2n) is 12.1. The highest BCUT2D eigenvalue weighted by molar-refractivity contribution is 5.91. The van der Waals surface area contributed by atoms with Crippen LogP contribution in [-0.2, 0) is 11.3 Å². The average Bonchev–Trinajstić information content (AvgIpc) is 2.93. The summed E-state index contributed by atoms with van der Waals surface area (Å²) in [6, 6.07) is 8.16. The van der Waals surface area contributed by atoms with Crippen LogP contribution in [0.25, 0.3) is 28.0 Å². The summed E-state index contributed by atoms with van der Waals surface area (Å²) in [7, 11) is 0. The van der Waals surface area contributed by atoms with Gasteiger partial charge in [-0.05, 0) is 76.4 Å². The molecular weight excluding hydrogens is 570 g/mol. The van der Waals surface area contributed by atoms with Crippen molar-refractivity contribution in [2.24, 2.45) is 5.73 Å². The lowest BCUT2D eigenvalue weighted by Gasteiger charge is -2.41. The highest BCUT2D eigenvalue weighted by Gasteiger charge is 2.33. The first-order chi connectivity index (χ1) is 20.7. The van der Waals surface area contributed by atoms with E-state index in [4.69, 9.17) is 10.5 Å². The maximum atomic E-state index is 15.9. The van der Waals surface area contributed by atoms with Gasteiger partial charge in [0.2, 0.25) is 0 Å². The summed E-state index contributed by atoms with van der Waals surface area (Å²) in [5.74, 6) is -2.09. The second kappa shape index (κ2) is 11.5. The first-order valence-electron chi connectivity index (χ1n) is 14.4. The number of hydrogen-bond donors (Lipinski definition) is 2. The Morgan fingerprint density at radius 1 is 1.09 bits per heavy atom. The number of aromatic nitrogens is 3. The molecule has 0 bridgehead atoms. The molecule has 232 valence electrons. The fourth-order valence-corrected chi connectivity index (χ4v) is 5.73. The Kier molecular flexibility index (Phi) is 8.06. The molecule has 1 amide bonds. The summed E-state index contributed by atoms with van der Waals surface area (Å²) in [6.45, 7) is 12.0. The third-order valence-electron chi connectivity index (χ3n) is 7.59.